The molecule has 0 saturated heterocycles. The van der Waals surface area contributed by atoms with E-state index in [4.69, 9.17) is 9.47 Å². The summed E-state index contributed by atoms with van der Waals surface area (Å²) in [6, 6.07) is 8.05. The summed E-state index contributed by atoms with van der Waals surface area (Å²) in [6.07, 6.45) is 2.06. The van der Waals surface area contributed by atoms with E-state index in [1.165, 1.54) is 12.7 Å². The minimum atomic E-state index is -0.166. The zero-order valence-electron chi connectivity index (χ0n) is 12.4. The van der Waals surface area contributed by atoms with Gasteiger partial charge in [-0.2, -0.15) is 0 Å². The van der Waals surface area contributed by atoms with E-state index in [2.05, 4.69) is 20.8 Å². The Morgan fingerprint density at radius 2 is 2.18 bits per heavy atom. The second kappa shape index (κ2) is 5.12. The first-order valence-corrected chi connectivity index (χ1v) is 7.50. The SMILES string of the molecule is COC(=O)C1CCn2c(nnc2C2Cc3ccccc3O2)C1. The molecule has 2 aliphatic rings. The Hall–Kier alpha value is -2.37. The first-order valence-electron chi connectivity index (χ1n) is 7.50. The summed E-state index contributed by atoms with van der Waals surface area (Å²) in [5.41, 5.74) is 1.20. The predicted molar refractivity (Wildman–Crippen MR) is 77.4 cm³/mol. The lowest BCUT2D eigenvalue weighted by atomic mass is 9.98. The number of hydrogen-bond donors (Lipinski definition) is 0. The second-order valence-electron chi connectivity index (χ2n) is 5.76. The number of rotatable bonds is 2. The van der Waals surface area contributed by atoms with Crippen molar-refractivity contribution in [3.05, 3.63) is 41.5 Å². The second-order valence-corrected chi connectivity index (χ2v) is 5.76. The molecule has 4 rings (SSSR count). The van der Waals surface area contributed by atoms with Crippen molar-refractivity contribution in [2.24, 2.45) is 5.92 Å². The number of ether oxygens (including phenoxy) is 2. The summed E-state index contributed by atoms with van der Waals surface area (Å²) in [7, 11) is 1.43. The number of para-hydroxylation sites is 1. The van der Waals surface area contributed by atoms with Crippen molar-refractivity contribution in [1.29, 1.82) is 0 Å². The molecule has 0 radical (unpaired) electrons. The summed E-state index contributed by atoms with van der Waals surface area (Å²) in [5, 5.41) is 8.57. The van der Waals surface area contributed by atoms with Crippen LogP contribution in [0.1, 0.15) is 29.7 Å². The van der Waals surface area contributed by atoms with Crippen molar-refractivity contribution in [3.8, 4) is 5.75 Å². The molecule has 6 nitrogen and oxygen atoms in total. The molecule has 0 saturated carbocycles. The molecule has 0 aliphatic carbocycles. The lowest BCUT2D eigenvalue weighted by Crippen LogP contribution is -2.28. The van der Waals surface area contributed by atoms with Gasteiger partial charge in [0.05, 0.1) is 13.0 Å². The maximum Gasteiger partial charge on any atom is 0.309 e. The quantitative estimate of drug-likeness (QED) is 0.790. The van der Waals surface area contributed by atoms with Gasteiger partial charge in [-0.3, -0.25) is 4.79 Å². The molecule has 22 heavy (non-hydrogen) atoms. The molecule has 2 unspecified atom stereocenters. The molecule has 0 N–H and O–H groups in total. The lowest BCUT2D eigenvalue weighted by Gasteiger charge is -2.22. The largest absolute Gasteiger partial charge is 0.482 e. The van der Waals surface area contributed by atoms with E-state index in [9.17, 15) is 4.79 Å². The number of carbonyl (C=O) groups excluding carboxylic acids is 1. The van der Waals surface area contributed by atoms with Gasteiger partial charge in [0.25, 0.3) is 0 Å². The van der Waals surface area contributed by atoms with Crippen LogP contribution >= 0.6 is 0 Å². The fraction of sp³-hybridized carbons (Fsp3) is 0.438. The van der Waals surface area contributed by atoms with Crippen LogP contribution in [0.3, 0.4) is 0 Å². The highest BCUT2D eigenvalue weighted by atomic mass is 16.5. The smallest absolute Gasteiger partial charge is 0.309 e. The van der Waals surface area contributed by atoms with Gasteiger partial charge in [-0.1, -0.05) is 18.2 Å². The molecule has 0 fully saturated rings. The molecule has 6 heteroatoms. The number of aromatic nitrogens is 3. The topological polar surface area (TPSA) is 66.2 Å². The van der Waals surface area contributed by atoms with E-state index in [0.717, 1.165) is 36.8 Å². The molecule has 0 spiro atoms. The van der Waals surface area contributed by atoms with Gasteiger partial charge in [-0.15, -0.1) is 10.2 Å². The zero-order chi connectivity index (χ0) is 15.1. The van der Waals surface area contributed by atoms with E-state index in [1.807, 2.05) is 18.2 Å². The van der Waals surface area contributed by atoms with Crippen molar-refractivity contribution >= 4 is 5.97 Å². The van der Waals surface area contributed by atoms with Crippen LogP contribution in [0.2, 0.25) is 0 Å². The maximum absolute atomic E-state index is 11.7. The first kappa shape index (κ1) is 13.3. The number of benzene rings is 1. The molecular weight excluding hydrogens is 282 g/mol. The first-order chi connectivity index (χ1) is 10.8. The molecule has 0 amide bonds. The van der Waals surface area contributed by atoms with Gasteiger partial charge < -0.3 is 14.0 Å². The third kappa shape index (κ3) is 2.06. The molecule has 1 aromatic heterocycles. The number of carbonyl (C=O) groups is 1. The molecule has 0 bridgehead atoms. The van der Waals surface area contributed by atoms with Gasteiger partial charge in [0, 0.05) is 19.4 Å². The van der Waals surface area contributed by atoms with Crippen molar-refractivity contribution < 1.29 is 14.3 Å². The molecular formula is C16H17N3O3. The Bertz CT molecular complexity index is 700. The molecule has 2 aliphatic heterocycles. The van der Waals surface area contributed by atoms with Crippen LogP contribution in [-0.4, -0.2) is 27.8 Å². The average Bonchev–Trinajstić information content (AvgIpc) is 3.16. The summed E-state index contributed by atoms with van der Waals surface area (Å²) >= 11 is 0. The van der Waals surface area contributed by atoms with Gasteiger partial charge in [-0.25, -0.2) is 0 Å². The van der Waals surface area contributed by atoms with Gasteiger partial charge >= 0.3 is 5.97 Å². The minimum absolute atomic E-state index is 0.0895. The summed E-state index contributed by atoms with van der Waals surface area (Å²) in [5.74, 6) is 2.34. The molecule has 2 atom stereocenters. The van der Waals surface area contributed by atoms with Crippen molar-refractivity contribution in [1.82, 2.24) is 14.8 Å². The summed E-state index contributed by atoms with van der Waals surface area (Å²) < 4.78 is 12.9. The Balaban J connectivity index is 1.57. The maximum atomic E-state index is 11.7. The van der Waals surface area contributed by atoms with Crippen molar-refractivity contribution in [2.75, 3.05) is 7.11 Å². The van der Waals surface area contributed by atoms with Crippen LogP contribution in [0.25, 0.3) is 0 Å². The third-order valence-corrected chi connectivity index (χ3v) is 4.46. The Kier molecular flexibility index (Phi) is 3.10. The van der Waals surface area contributed by atoms with Crippen molar-refractivity contribution in [2.45, 2.75) is 31.9 Å². The fourth-order valence-electron chi connectivity index (χ4n) is 3.28. The van der Waals surface area contributed by atoms with Crippen LogP contribution in [-0.2, 0) is 28.9 Å². The normalized spacial score (nSPS) is 22.6. The standard InChI is InChI=1S/C16H17N3O3/c1-21-16(20)11-6-7-19-14(9-11)17-18-15(19)13-8-10-4-2-3-5-12(10)22-13/h2-5,11,13H,6-9H2,1H3. The number of nitrogens with zero attached hydrogens (tertiary/aromatic N) is 3. The predicted octanol–water partition coefficient (Wildman–Crippen LogP) is 1.69. The van der Waals surface area contributed by atoms with Gasteiger partial charge in [-0.05, 0) is 18.1 Å². The van der Waals surface area contributed by atoms with E-state index >= 15 is 0 Å². The lowest BCUT2D eigenvalue weighted by molar-refractivity contribution is -0.146. The minimum Gasteiger partial charge on any atom is -0.482 e. The number of fused-ring (bicyclic) bond motifs is 2. The zero-order valence-corrected chi connectivity index (χ0v) is 12.4. The van der Waals surface area contributed by atoms with Crippen LogP contribution in [0.15, 0.2) is 24.3 Å². The van der Waals surface area contributed by atoms with E-state index < -0.39 is 0 Å². The molecule has 2 aromatic rings. The van der Waals surface area contributed by atoms with E-state index in [1.54, 1.807) is 0 Å². The molecule has 114 valence electrons. The highest BCUT2D eigenvalue weighted by Crippen LogP contribution is 2.36. The van der Waals surface area contributed by atoms with Crippen LogP contribution < -0.4 is 4.74 Å². The number of esters is 1. The van der Waals surface area contributed by atoms with Gasteiger partial charge in [0.1, 0.15) is 11.6 Å². The van der Waals surface area contributed by atoms with E-state index in [-0.39, 0.29) is 18.0 Å². The third-order valence-electron chi connectivity index (χ3n) is 4.46. The van der Waals surface area contributed by atoms with Crippen LogP contribution in [0.4, 0.5) is 0 Å². The monoisotopic (exact) mass is 299 g/mol. The van der Waals surface area contributed by atoms with Crippen molar-refractivity contribution in [3.63, 3.8) is 0 Å². The van der Waals surface area contributed by atoms with Crippen LogP contribution in [0.5, 0.6) is 5.75 Å². The molecule has 3 heterocycles. The average molecular weight is 299 g/mol. The highest BCUT2D eigenvalue weighted by molar-refractivity contribution is 5.72. The fourth-order valence-corrected chi connectivity index (χ4v) is 3.28. The Morgan fingerprint density at radius 1 is 1.32 bits per heavy atom. The number of hydrogen-bond acceptors (Lipinski definition) is 5. The van der Waals surface area contributed by atoms with Gasteiger partial charge in [0.2, 0.25) is 0 Å². The van der Waals surface area contributed by atoms with Gasteiger partial charge in [0.15, 0.2) is 11.9 Å². The Labute approximate surface area is 128 Å². The Morgan fingerprint density at radius 3 is 3.00 bits per heavy atom. The molecule has 1 aromatic carbocycles. The highest BCUT2D eigenvalue weighted by Gasteiger charge is 2.33. The van der Waals surface area contributed by atoms with E-state index in [0.29, 0.717) is 6.42 Å². The number of methoxy groups -OCH3 is 1. The summed E-state index contributed by atoms with van der Waals surface area (Å²) in [4.78, 5) is 11.7. The summed E-state index contributed by atoms with van der Waals surface area (Å²) in [6.45, 7) is 0.730. The van der Waals surface area contributed by atoms with Crippen LogP contribution in [0, 0.1) is 5.92 Å².